The van der Waals surface area contributed by atoms with Crippen LogP contribution in [-0.2, 0) is 16.6 Å². The van der Waals surface area contributed by atoms with E-state index in [1.807, 2.05) is 13.0 Å². The third-order valence-corrected chi connectivity index (χ3v) is 6.25. The summed E-state index contributed by atoms with van der Waals surface area (Å²) in [6.45, 7) is 4.86. The van der Waals surface area contributed by atoms with Crippen LogP contribution in [0.4, 0.5) is 11.4 Å². The summed E-state index contributed by atoms with van der Waals surface area (Å²) in [5.74, 6) is 0.237. The van der Waals surface area contributed by atoms with E-state index in [0.717, 1.165) is 41.8 Å². The second-order valence-electron chi connectivity index (χ2n) is 8.76. The first-order chi connectivity index (χ1) is 15.6. The Bertz CT molecular complexity index is 1300. The predicted octanol–water partition coefficient (Wildman–Crippen LogP) is 3.31. The van der Waals surface area contributed by atoms with Gasteiger partial charge in [-0.2, -0.15) is 5.10 Å². The van der Waals surface area contributed by atoms with Crippen molar-refractivity contribution in [3.63, 3.8) is 0 Å². The van der Waals surface area contributed by atoms with Crippen LogP contribution in [0.15, 0.2) is 30.3 Å². The molecule has 1 aromatic carbocycles. The highest BCUT2D eigenvalue weighted by Crippen LogP contribution is 2.39. The zero-order valence-electron chi connectivity index (χ0n) is 19.2. The number of anilines is 2. The first-order valence-electron chi connectivity index (χ1n) is 11.2. The van der Waals surface area contributed by atoms with Crippen LogP contribution < -0.4 is 10.5 Å². The molecule has 176 valence electrons. The average Bonchev–Trinajstić information content (AvgIpc) is 3.51. The van der Waals surface area contributed by atoms with Crippen molar-refractivity contribution >= 4 is 33.0 Å². The summed E-state index contributed by atoms with van der Waals surface area (Å²) in [4.78, 5) is 20.0. The van der Waals surface area contributed by atoms with Crippen molar-refractivity contribution in [1.82, 2.24) is 19.5 Å². The monoisotopic (exact) mass is 470 g/mol. The SMILES string of the molecule is CCCCN(Cc1cc2nc(C3CC3)cc(C)n2n1)C(=O)c1cc(N)ccc1NS(C)(=O)=O. The van der Waals surface area contributed by atoms with Crippen LogP contribution in [0.5, 0.6) is 0 Å². The van der Waals surface area contributed by atoms with E-state index in [1.54, 1.807) is 15.5 Å². The van der Waals surface area contributed by atoms with Gasteiger partial charge in [0, 0.05) is 35.6 Å². The Morgan fingerprint density at radius 2 is 2.03 bits per heavy atom. The number of nitrogens with two attached hydrogens (primary N) is 1. The van der Waals surface area contributed by atoms with Gasteiger partial charge < -0.3 is 10.6 Å². The molecule has 10 heteroatoms. The topological polar surface area (TPSA) is 123 Å². The first-order valence-corrected chi connectivity index (χ1v) is 13.1. The normalized spacial score (nSPS) is 13.9. The van der Waals surface area contributed by atoms with Crippen molar-refractivity contribution in [1.29, 1.82) is 0 Å². The molecule has 3 N–H and O–H groups in total. The predicted molar refractivity (Wildman–Crippen MR) is 129 cm³/mol. The van der Waals surface area contributed by atoms with Gasteiger partial charge in [0.1, 0.15) is 0 Å². The van der Waals surface area contributed by atoms with Gasteiger partial charge in [0.05, 0.1) is 29.7 Å². The molecule has 2 aromatic heterocycles. The van der Waals surface area contributed by atoms with Gasteiger partial charge in [-0.25, -0.2) is 17.9 Å². The lowest BCUT2D eigenvalue weighted by Gasteiger charge is -2.23. The number of carbonyl (C=O) groups excluding carboxylic acids is 1. The molecule has 1 amide bonds. The molecular weight excluding hydrogens is 440 g/mol. The largest absolute Gasteiger partial charge is 0.399 e. The van der Waals surface area contributed by atoms with E-state index in [0.29, 0.717) is 18.2 Å². The fourth-order valence-electron chi connectivity index (χ4n) is 3.86. The van der Waals surface area contributed by atoms with Gasteiger partial charge >= 0.3 is 0 Å². The average molecular weight is 471 g/mol. The van der Waals surface area contributed by atoms with E-state index < -0.39 is 10.0 Å². The molecule has 0 radical (unpaired) electrons. The number of hydrogen-bond donors (Lipinski definition) is 2. The number of unbranched alkanes of at least 4 members (excludes halogenated alkanes) is 1. The zero-order valence-corrected chi connectivity index (χ0v) is 20.0. The van der Waals surface area contributed by atoms with E-state index in [9.17, 15) is 13.2 Å². The summed E-state index contributed by atoms with van der Waals surface area (Å²) in [6.07, 6.45) is 5.11. The Morgan fingerprint density at radius 3 is 2.70 bits per heavy atom. The van der Waals surface area contributed by atoms with Crippen LogP contribution in [0.3, 0.4) is 0 Å². The van der Waals surface area contributed by atoms with Gasteiger partial charge in [0.15, 0.2) is 5.65 Å². The molecular formula is C23H30N6O3S. The number of amides is 1. The highest BCUT2D eigenvalue weighted by Gasteiger charge is 2.26. The van der Waals surface area contributed by atoms with E-state index >= 15 is 0 Å². The maximum absolute atomic E-state index is 13.5. The lowest BCUT2D eigenvalue weighted by molar-refractivity contribution is 0.0739. The number of sulfonamides is 1. The van der Waals surface area contributed by atoms with Crippen molar-refractivity contribution in [3.05, 3.63) is 53.0 Å². The van der Waals surface area contributed by atoms with Crippen LogP contribution in [0.25, 0.3) is 5.65 Å². The van der Waals surface area contributed by atoms with Crippen molar-refractivity contribution in [2.24, 2.45) is 0 Å². The molecule has 1 aliphatic carbocycles. The lowest BCUT2D eigenvalue weighted by Crippen LogP contribution is -2.32. The molecule has 0 spiro atoms. The van der Waals surface area contributed by atoms with E-state index in [1.165, 1.54) is 25.0 Å². The molecule has 33 heavy (non-hydrogen) atoms. The Morgan fingerprint density at radius 1 is 1.27 bits per heavy atom. The molecule has 0 atom stereocenters. The number of benzene rings is 1. The Labute approximate surface area is 194 Å². The summed E-state index contributed by atoms with van der Waals surface area (Å²) in [5.41, 5.74) is 10.3. The maximum Gasteiger partial charge on any atom is 0.256 e. The maximum atomic E-state index is 13.5. The van der Waals surface area contributed by atoms with Gasteiger partial charge in [-0.15, -0.1) is 0 Å². The third kappa shape index (κ3) is 5.44. The number of nitrogens with zero attached hydrogens (tertiary/aromatic N) is 4. The van der Waals surface area contributed by atoms with Crippen molar-refractivity contribution in [2.45, 2.75) is 52.0 Å². The Hall–Kier alpha value is -3.14. The van der Waals surface area contributed by atoms with E-state index in [2.05, 4.69) is 22.8 Å². The standard InChI is InChI=1S/C23H30N6O3S/c1-4-5-10-28(23(30)19-12-17(24)8-9-20(19)27-33(3,31)32)14-18-13-22-25-21(16-6-7-16)11-15(2)29(22)26-18/h8-9,11-13,16,27H,4-7,10,14,24H2,1-3H3. The minimum atomic E-state index is -3.56. The van der Waals surface area contributed by atoms with E-state index in [4.69, 9.17) is 10.7 Å². The smallest absolute Gasteiger partial charge is 0.256 e. The van der Waals surface area contributed by atoms with Crippen molar-refractivity contribution < 1.29 is 13.2 Å². The van der Waals surface area contributed by atoms with Crippen molar-refractivity contribution in [2.75, 3.05) is 23.3 Å². The minimum absolute atomic E-state index is 0.208. The molecule has 0 unspecified atom stereocenters. The number of carbonyl (C=O) groups is 1. The van der Waals surface area contributed by atoms with Gasteiger partial charge in [0.2, 0.25) is 10.0 Å². The number of aryl methyl sites for hydroxylation is 1. The molecule has 1 saturated carbocycles. The van der Waals surface area contributed by atoms with E-state index in [-0.39, 0.29) is 23.7 Å². The molecule has 0 saturated heterocycles. The Kier molecular flexibility index (Phi) is 6.29. The minimum Gasteiger partial charge on any atom is -0.399 e. The third-order valence-electron chi connectivity index (χ3n) is 5.66. The van der Waals surface area contributed by atoms with Crippen molar-refractivity contribution in [3.8, 4) is 0 Å². The van der Waals surface area contributed by atoms with Crippen LogP contribution in [-0.4, -0.2) is 46.6 Å². The number of nitrogens with one attached hydrogen (secondary N) is 1. The number of nitrogen functional groups attached to an aromatic ring is 1. The molecule has 1 fully saturated rings. The Balaban J connectivity index is 1.66. The second kappa shape index (κ2) is 9.01. The van der Waals surface area contributed by atoms with Crippen LogP contribution in [0.2, 0.25) is 0 Å². The molecule has 1 aliphatic rings. The number of fused-ring (bicyclic) bond motifs is 1. The highest BCUT2D eigenvalue weighted by atomic mass is 32.2. The molecule has 0 bridgehead atoms. The summed E-state index contributed by atoms with van der Waals surface area (Å²) in [5, 5.41) is 4.68. The summed E-state index contributed by atoms with van der Waals surface area (Å²) in [6, 6.07) is 8.58. The molecule has 0 aliphatic heterocycles. The number of hydrogen-bond acceptors (Lipinski definition) is 6. The van der Waals surface area contributed by atoms with Gasteiger partial charge in [-0.05, 0) is 50.5 Å². The number of rotatable bonds is 9. The molecule has 9 nitrogen and oxygen atoms in total. The van der Waals surface area contributed by atoms with Gasteiger partial charge in [-0.1, -0.05) is 13.3 Å². The first kappa shape index (κ1) is 23.0. The zero-order chi connectivity index (χ0) is 23.8. The summed E-state index contributed by atoms with van der Waals surface area (Å²) >= 11 is 0. The summed E-state index contributed by atoms with van der Waals surface area (Å²) in [7, 11) is -3.56. The quantitative estimate of drug-likeness (QED) is 0.463. The van der Waals surface area contributed by atoms with Crippen LogP contribution in [0, 0.1) is 6.92 Å². The van der Waals surface area contributed by atoms with Gasteiger partial charge in [0.25, 0.3) is 5.91 Å². The molecule has 3 aromatic rings. The fraction of sp³-hybridized carbons (Fsp3) is 0.435. The lowest BCUT2D eigenvalue weighted by atomic mass is 10.1. The fourth-order valence-corrected chi connectivity index (χ4v) is 4.44. The second-order valence-corrected chi connectivity index (χ2v) is 10.5. The molecule has 2 heterocycles. The summed E-state index contributed by atoms with van der Waals surface area (Å²) < 4.78 is 27.9. The highest BCUT2D eigenvalue weighted by molar-refractivity contribution is 7.92. The van der Waals surface area contributed by atoms with Crippen LogP contribution in [0.1, 0.15) is 66.0 Å². The van der Waals surface area contributed by atoms with Crippen LogP contribution >= 0.6 is 0 Å². The number of aromatic nitrogens is 3. The van der Waals surface area contributed by atoms with Gasteiger partial charge in [-0.3, -0.25) is 9.52 Å². The molecule has 4 rings (SSSR count).